The first-order valence-electron chi connectivity index (χ1n) is 6.59. The average molecular weight is 400 g/mol. The topological polar surface area (TPSA) is 134 Å². The zero-order chi connectivity index (χ0) is 18.0. The van der Waals surface area contributed by atoms with Crippen LogP contribution >= 0.6 is 12.0 Å². The molecule has 0 bridgehead atoms. The van der Waals surface area contributed by atoms with Gasteiger partial charge < -0.3 is 4.90 Å². The standard InChI is InChI=1S/C11H16N2O8S3/c1-23(15,16)13-6-4-12(5-7-13)10-3-2-9(24(17,18)19)8-11(10)22-21-20-14/h2-3,8,14H,4-7H2,1H3,(H,17,18,19). The molecular formula is C11H16N2O8S3. The van der Waals surface area contributed by atoms with Gasteiger partial charge >= 0.3 is 0 Å². The van der Waals surface area contributed by atoms with E-state index in [0.717, 1.165) is 12.3 Å². The molecule has 0 aromatic heterocycles. The maximum Gasteiger partial charge on any atom is 0.294 e. The van der Waals surface area contributed by atoms with Crippen LogP contribution in [0.3, 0.4) is 0 Å². The van der Waals surface area contributed by atoms with Gasteiger partial charge in [-0.15, -0.1) is 4.33 Å². The van der Waals surface area contributed by atoms with Crippen LogP contribution in [-0.4, -0.2) is 63.4 Å². The summed E-state index contributed by atoms with van der Waals surface area (Å²) in [7, 11) is -7.67. The fourth-order valence-electron chi connectivity index (χ4n) is 2.30. The predicted molar refractivity (Wildman–Crippen MR) is 85.5 cm³/mol. The van der Waals surface area contributed by atoms with Crippen molar-refractivity contribution in [2.45, 2.75) is 9.79 Å². The van der Waals surface area contributed by atoms with Crippen LogP contribution in [0.5, 0.6) is 0 Å². The second-order valence-corrected chi connectivity index (χ2v) is 9.13. The molecule has 136 valence electrons. The van der Waals surface area contributed by atoms with Crippen LogP contribution in [0.15, 0.2) is 28.0 Å². The summed E-state index contributed by atoms with van der Waals surface area (Å²) >= 11 is 0.556. The molecule has 1 fully saturated rings. The number of hydrogen-bond acceptors (Lipinski definition) is 9. The number of sulfonamides is 1. The first-order chi connectivity index (χ1) is 11.1. The second kappa shape index (κ2) is 7.53. The smallest absolute Gasteiger partial charge is 0.294 e. The highest BCUT2D eigenvalue weighted by Gasteiger charge is 2.25. The molecule has 2 rings (SSSR count). The fourth-order valence-corrected chi connectivity index (χ4v) is 4.26. The van der Waals surface area contributed by atoms with Crippen molar-refractivity contribution in [2.24, 2.45) is 0 Å². The van der Waals surface area contributed by atoms with E-state index in [9.17, 15) is 16.8 Å². The Hall–Kier alpha value is -0.930. The SMILES string of the molecule is CS(=O)(=O)N1CCN(c2ccc(S(=O)(=O)O)cc2SOOO)CC1. The van der Waals surface area contributed by atoms with E-state index in [1.165, 1.54) is 16.4 Å². The molecule has 1 heterocycles. The Bertz CT molecular complexity index is 787. The molecule has 1 aromatic rings. The molecule has 0 radical (unpaired) electrons. The average Bonchev–Trinajstić information content (AvgIpc) is 2.51. The van der Waals surface area contributed by atoms with Crippen LogP contribution in [0.2, 0.25) is 0 Å². The summed E-state index contributed by atoms with van der Waals surface area (Å²) in [6.45, 7) is 1.32. The van der Waals surface area contributed by atoms with E-state index >= 15 is 0 Å². The maximum atomic E-state index is 11.5. The molecule has 0 aliphatic carbocycles. The normalized spacial score (nSPS) is 17.2. The minimum Gasteiger partial charge on any atom is -0.368 e. The Balaban J connectivity index is 2.26. The van der Waals surface area contributed by atoms with Gasteiger partial charge in [-0.3, -0.25) is 4.55 Å². The van der Waals surface area contributed by atoms with Crippen molar-refractivity contribution in [3.63, 3.8) is 0 Å². The first-order valence-corrected chi connectivity index (χ1v) is 10.6. The van der Waals surface area contributed by atoms with E-state index < -0.39 is 20.1 Å². The zero-order valence-electron chi connectivity index (χ0n) is 12.5. The van der Waals surface area contributed by atoms with E-state index in [4.69, 9.17) is 9.81 Å². The van der Waals surface area contributed by atoms with Gasteiger partial charge in [0.2, 0.25) is 10.0 Å². The molecular weight excluding hydrogens is 384 g/mol. The van der Waals surface area contributed by atoms with Gasteiger partial charge in [0.05, 0.1) is 33.8 Å². The highest BCUT2D eigenvalue weighted by Crippen LogP contribution is 2.33. The molecule has 0 amide bonds. The summed E-state index contributed by atoms with van der Waals surface area (Å²) < 4.78 is 60.4. The Morgan fingerprint density at radius 2 is 1.75 bits per heavy atom. The zero-order valence-corrected chi connectivity index (χ0v) is 15.0. The monoisotopic (exact) mass is 400 g/mol. The minimum atomic E-state index is -4.40. The van der Waals surface area contributed by atoms with Gasteiger partial charge in [-0.25, -0.2) is 13.7 Å². The van der Waals surface area contributed by atoms with Gasteiger partial charge in [-0.2, -0.15) is 12.7 Å². The van der Waals surface area contributed by atoms with Crippen LogP contribution in [0.4, 0.5) is 5.69 Å². The Morgan fingerprint density at radius 1 is 1.12 bits per heavy atom. The van der Waals surface area contributed by atoms with Gasteiger partial charge in [0.1, 0.15) is 0 Å². The highest BCUT2D eigenvalue weighted by molar-refractivity contribution is 7.94. The van der Waals surface area contributed by atoms with Crippen molar-refractivity contribution in [1.82, 2.24) is 4.31 Å². The van der Waals surface area contributed by atoms with E-state index in [0.29, 0.717) is 30.8 Å². The fraction of sp³-hybridized carbons (Fsp3) is 0.455. The molecule has 2 N–H and O–H groups in total. The summed E-state index contributed by atoms with van der Waals surface area (Å²) in [6.07, 6.45) is 1.14. The molecule has 1 aliphatic heterocycles. The highest BCUT2D eigenvalue weighted by atomic mass is 32.2. The minimum absolute atomic E-state index is 0.270. The third-order valence-corrected chi connectivity index (χ3v) is 6.22. The van der Waals surface area contributed by atoms with Gasteiger partial charge in [-0.05, 0) is 18.2 Å². The van der Waals surface area contributed by atoms with Crippen molar-refractivity contribution in [2.75, 3.05) is 37.3 Å². The predicted octanol–water partition coefficient (Wildman–Crippen LogP) is 0.443. The molecule has 13 heteroatoms. The van der Waals surface area contributed by atoms with E-state index in [1.807, 2.05) is 4.90 Å². The first kappa shape index (κ1) is 19.4. The van der Waals surface area contributed by atoms with Crippen molar-refractivity contribution >= 4 is 37.9 Å². The second-order valence-electron chi connectivity index (χ2n) is 4.98. The van der Waals surface area contributed by atoms with Crippen molar-refractivity contribution in [3.8, 4) is 0 Å². The lowest BCUT2D eigenvalue weighted by atomic mass is 10.2. The largest absolute Gasteiger partial charge is 0.368 e. The molecule has 0 spiro atoms. The number of anilines is 1. The molecule has 10 nitrogen and oxygen atoms in total. The Labute approximate surface area is 143 Å². The third-order valence-electron chi connectivity index (χ3n) is 3.43. The lowest BCUT2D eigenvalue weighted by molar-refractivity contribution is -0.432. The Morgan fingerprint density at radius 3 is 2.25 bits per heavy atom. The quantitative estimate of drug-likeness (QED) is 0.300. The molecule has 1 aromatic carbocycles. The van der Waals surface area contributed by atoms with Crippen LogP contribution in [-0.2, 0) is 29.5 Å². The number of rotatable bonds is 6. The number of piperazine rings is 1. The number of hydrogen-bond donors (Lipinski definition) is 2. The van der Waals surface area contributed by atoms with Crippen molar-refractivity contribution < 1.29 is 36.0 Å². The number of benzene rings is 1. The molecule has 1 aliphatic rings. The molecule has 0 saturated carbocycles. The summed E-state index contributed by atoms with van der Waals surface area (Å²) in [6, 6.07) is 3.84. The van der Waals surface area contributed by atoms with Gasteiger partial charge in [-0.1, -0.05) is 5.04 Å². The molecule has 24 heavy (non-hydrogen) atoms. The van der Waals surface area contributed by atoms with Gasteiger partial charge in [0, 0.05) is 26.2 Å². The molecule has 1 saturated heterocycles. The van der Waals surface area contributed by atoms with E-state index in [1.54, 1.807) is 0 Å². The van der Waals surface area contributed by atoms with E-state index in [2.05, 4.69) is 9.37 Å². The van der Waals surface area contributed by atoms with Crippen LogP contribution in [0.25, 0.3) is 0 Å². The lowest BCUT2D eigenvalue weighted by Crippen LogP contribution is -2.48. The van der Waals surface area contributed by atoms with Gasteiger partial charge in [0.15, 0.2) is 0 Å². The van der Waals surface area contributed by atoms with Crippen LogP contribution < -0.4 is 4.90 Å². The Kier molecular flexibility index (Phi) is 6.09. The summed E-state index contributed by atoms with van der Waals surface area (Å²) in [4.78, 5) is 1.76. The summed E-state index contributed by atoms with van der Waals surface area (Å²) in [5, 5.41) is 11.8. The molecule has 0 atom stereocenters. The number of nitrogens with zero attached hydrogens (tertiary/aromatic N) is 2. The van der Waals surface area contributed by atoms with Gasteiger partial charge in [0.25, 0.3) is 10.1 Å². The van der Waals surface area contributed by atoms with Crippen LogP contribution in [0, 0.1) is 0 Å². The molecule has 0 unspecified atom stereocenters. The van der Waals surface area contributed by atoms with Crippen LogP contribution in [0.1, 0.15) is 0 Å². The summed E-state index contributed by atoms with van der Waals surface area (Å²) in [5.74, 6) is 0. The maximum absolute atomic E-state index is 11.5. The lowest BCUT2D eigenvalue weighted by Gasteiger charge is -2.35. The summed E-state index contributed by atoms with van der Waals surface area (Å²) in [5.41, 5.74) is 0.553. The third kappa shape index (κ3) is 4.80. The van der Waals surface area contributed by atoms with Crippen molar-refractivity contribution in [1.29, 1.82) is 0 Å². The van der Waals surface area contributed by atoms with Crippen molar-refractivity contribution in [3.05, 3.63) is 18.2 Å². The van der Waals surface area contributed by atoms with E-state index in [-0.39, 0.29) is 22.9 Å².